The lowest BCUT2D eigenvalue weighted by molar-refractivity contribution is -0.0906. The maximum absolute atomic E-state index is 5.39. The maximum Gasteiger partial charge on any atom is 0.0809 e. The fourth-order valence-corrected chi connectivity index (χ4v) is 2.84. The number of benzene rings is 1. The van der Waals surface area contributed by atoms with Gasteiger partial charge in [-0.25, -0.2) is 0 Å². The number of rotatable bonds is 7. The van der Waals surface area contributed by atoms with Crippen LogP contribution >= 0.6 is 0 Å². The van der Waals surface area contributed by atoms with Crippen LogP contribution < -0.4 is 0 Å². The summed E-state index contributed by atoms with van der Waals surface area (Å²) >= 11 is 0. The monoisotopic (exact) mass is 290 g/mol. The van der Waals surface area contributed by atoms with Crippen molar-refractivity contribution in [3.63, 3.8) is 0 Å². The summed E-state index contributed by atoms with van der Waals surface area (Å²) < 4.78 is 10.6. The van der Waals surface area contributed by atoms with Gasteiger partial charge in [-0.2, -0.15) is 0 Å². The van der Waals surface area contributed by atoms with Crippen LogP contribution in [0.25, 0.3) is 0 Å². The van der Waals surface area contributed by atoms with Crippen molar-refractivity contribution in [2.45, 2.75) is 64.9 Å². The molecule has 1 atom stereocenters. The summed E-state index contributed by atoms with van der Waals surface area (Å²) in [7, 11) is 0. The molecule has 2 nitrogen and oxygen atoms in total. The van der Waals surface area contributed by atoms with E-state index in [4.69, 9.17) is 9.47 Å². The molecule has 0 saturated carbocycles. The Morgan fingerprint density at radius 2 is 1.95 bits per heavy atom. The van der Waals surface area contributed by atoms with E-state index < -0.39 is 0 Å². The first kappa shape index (κ1) is 16.5. The first-order chi connectivity index (χ1) is 10.3. The highest BCUT2D eigenvalue weighted by Crippen LogP contribution is 2.18. The molecule has 0 aromatic heterocycles. The van der Waals surface area contributed by atoms with Gasteiger partial charge in [0.2, 0.25) is 0 Å². The SMILES string of the molecule is CCCC1COCCO1.CCCCCCc1cc2ccc1=2. The van der Waals surface area contributed by atoms with Gasteiger partial charge in [0, 0.05) is 0 Å². The zero-order valence-electron chi connectivity index (χ0n) is 13.7. The van der Waals surface area contributed by atoms with Gasteiger partial charge < -0.3 is 9.47 Å². The predicted octanol–water partition coefficient (Wildman–Crippen LogP) is 4.61. The van der Waals surface area contributed by atoms with Crippen molar-refractivity contribution in [1.82, 2.24) is 0 Å². The van der Waals surface area contributed by atoms with Crippen molar-refractivity contribution in [2.24, 2.45) is 0 Å². The van der Waals surface area contributed by atoms with Crippen LogP contribution in [-0.4, -0.2) is 25.9 Å². The van der Waals surface area contributed by atoms with Crippen molar-refractivity contribution in [3.05, 3.63) is 34.2 Å². The fraction of sp³-hybridized carbons (Fsp3) is 0.684. The molecule has 0 aromatic rings. The third-order valence-electron chi connectivity index (χ3n) is 4.21. The third-order valence-corrected chi connectivity index (χ3v) is 4.21. The average Bonchev–Trinajstić information content (AvgIpc) is 2.50. The molecule has 1 heterocycles. The second-order valence-electron chi connectivity index (χ2n) is 6.04. The van der Waals surface area contributed by atoms with Gasteiger partial charge in [-0.15, -0.1) is 0 Å². The largest absolute Gasteiger partial charge is 0.376 e. The summed E-state index contributed by atoms with van der Waals surface area (Å²) in [6.45, 7) is 6.79. The number of hydrogen-bond acceptors (Lipinski definition) is 2. The van der Waals surface area contributed by atoms with Gasteiger partial charge >= 0.3 is 0 Å². The molecule has 0 radical (unpaired) electrons. The highest BCUT2D eigenvalue weighted by molar-refractivity contribution is 5.33. The lowest BCUT2D eigenvalue weighted by atomic mass is 9.95. The molecule has 0 N–H and O–H groups in total. The Morgan fingerprint density at radius 3 is 2.48 bits per heavy atom. The van der Waals surface area contributed by atoms with Gasteiger partial charge in [0.1, 0.15) is 0 Å². The van der Waals surface area contributed by atoms with Crippen LogP contribution in [0.2, 0.25) is 0 Å². The van der Waals surface area contributed by atoms with Crippen LogP contribution in [0.4, 0.5) is 0 Å². The lowest BCUT2D eigenvalue weighted by Gasteiger charge is -2.21. The van der Waals surface area contributed by atoms with Crippen molar-refractivity contribution in [3.8, 4) is 0 Å². The lowest BCUT2D eigenvalue weighted by Crippen LogP contribution is -2.28. The Kier molecular flexibility index (Phi) is 7.25. The van der Waals surface area contributed by atoms with E-state index in [1.165, 1.54) is 43.7 Å². The molecule has 1 unspecified atom stereocenters. The molecule has 118 valence electrons. The minimum atomic E-state index is 0.378. The molecule has 0 spiro atoms. The van der Waals surface area contributed by atoms with Gasteiger partial charge in [0.05, 0.1) is 25.9 Å². The van der Waals surface area contributed by atoms with Gasteiger partial charge in [-0.3, -0.25) is 0 Å². The van der Waals surface area contributed by atoms with Crippen molar-refractivity contribution < 1.29 is 9.47 Å². The molecule has 3 rings (SSSR count). The predicted molar refractivity (Wildman–Crippen MR) is 87.4 cm³/mol. The molecule has 0 bridgehead atoms. The summed E-state index contributed by atoms with van der Waals surface area (Å²) in [6, 6.07) is 6.77. The molecule has 21 heavy (non-hydrogen) atoms. The molecular formula is C19H30O2. The van der Waals surface area contributed by atoms with E-state index in [1.807, 2.05) is 0 Å². The standard InChI is InChI=1S/C12H16.C7H14O2/c1-2-3-4-5-6-10-9-11-7-8-12(10)11;1-2-3-7-6-8-4-5-9-7/h7-9H,2-6H2,1H3;7H,2-6H2,1H3. The Morgan fingerprint density at radius 1 is 1.05 bits per heavy atom. The van der Waals surface area contributed by atoms with E-state index >= 15 is 0 Å². The van der Waals surface area contributed by atoms with Crippen LogP contribution in [0.3, 0.4) is 0 Å². The topological polar surface area (TPSA) is 18.5 Å². The van der Waals surface area contributed by atoms with Gasteiger partial charge in [0.15, 0.2) is 0 Å². The van der Waals surface area contributed by atoms with E-state index in [2.05, 4.69) is 32.0 Å². The number of aryl methyl sites for hydroxylation is 1. The van der Waals surface area contributed by atoms with Crippen LogP contribution in [0.5, 0.6) is 0 Å². The summed E-state index contributed by atoms with van der Waals surface area (Å²) in [5, 5.41) is 3.03. The van der Waals surface area contributed by atoms with Crippen molar-refractivity contribution in [1.29, 1.82) is 0 Å². The van der Waals surface area contributed by atoms with Crippen LogP contribution in [0.1, 0.15) is 57.9 Å². The molecular weight excluding hydrogens is 260 g/mol. The Balaban J connectivity index is 0.000000161. The van der Waals surface area contributed by atoms with Gasteiger partial charge in [-0.05, 0) is 35.3 Å². The Bertz CT molecular complexity index is 486. The molecule has 1 fully saturated rings. The van der Waals surface area contributed by atoms with Crippen LogP contribution in [0.15, 0.2) is 18.2 Å². The minimum absolute atomic E-state index is 0.378. The summed E-state index contributed by atoms with van der Waals surface area (Å²) in [5.41, 5.74) is 1.60. The average molecular weight is 290 g/mol. The molecule has 0 aromatic carbocycles. The van der Waals surface area contributed by atoms with E-state index in [0.717, 1.165) is 26.2 Å². The molecule has 3 aliphatic rings. The van der Waals surface area contributed by atoms with E-state index in [-0.39, 0.29) is 0 Å². The molecule has 2 heteroatoms. The summed E-state index contributed by atoms with van der Waals surface area (Å²) in [4.78, 5) is 0. The highest BCUT2D eigenvalue weighted by Gasteiger charge is 2.11. The quantitative estimate of drug-likeness (QED) is 0.693. The molecule has 2 aliphatic carbocycles. The minimum Gasteiger partial charge on any atom is -0.376 e. The normalized spacial score (nSPS) is 18.9. The van der Waals surface area contributed by atoms with E-state index in [9.17, 15) is 0 Å². The van der Waals surface area contributed by atoms with E-state index in [0.29, 0.717) is 6.10 Å². The molecule has 1 saturated heterocycles. The van der Waals surface area contributed by atoms with Crippen molar-refractivity contribution >= 4 is 0 Å². The van der Waals surface area contributed by atoms with Gasteiger partial charge in [0.25, 0.3) is 0 Å². The second-order valence-corrected chi connectivity index (χ2v) is 6.04. The van der Waals surface area contributed by atoms with Crippen molar-refractivity contribution in [2.75, 3.05) is 19.8 Å². The first-order valence-corrected chi connectivity index (χ1v) is 8.67. The molecule has 0 amide bonds. The van der Waals surface area contributed by atoms with Gasteiger partial charge in [-0.1, -0.05) is 57.7 Å². The Hall–Kier alpha value is -0.860. The number of hydrogen-bond donors (Lipinski definition) is 0. The smallest absolute Gasteiger partial charge is 0.0809 e. The zero-order valence-corrected chi connectivity index (χ0v) is 13.7. The zero-order chi connectivity index (χ0) is 14.9. The number of unbranched alkanes of at least 4 members (excludes halogenated alkanes) is 3. The number of ether oxygens (including phenoxy) is 2. The summed E-state index contributed by atoms with van der Waals surface area (Å²) in [6.07, 6.45) is 9.53. The van der Waals surface area contributed by atoms with Crippen LogP contribution in [-0.2, 0) is 15.9 Å². The highest BCUT2D eigenvalue weighted by atomic mass is 16.6. The second kappa shape index (κ2) is 9.22. The Labute approximate surface area is 129 Å². The fourth-order valence-electron chi connectivity index (χ4n) is 2.84. The van der Waals surface area contributed by atoms with E-state index in [1.54, 1.807) is 10.8 Å². The molecule has 1 aliphatic heterocycles. The maximum atomic E-state index is 5.39. The van der Waals surface area contributed by atoms with Crippen LogP contribution in [0, 0.1) is 10.4 Å². The third kappa shape index (κ3) is 5.12. The summed E-state index contributed by atoms with van der Waals surface area (Å²) in [5.74, 6) is 0. The first-order valence-electron chi connectivity index (χ1n) is 8.67.